The molecule has 0 saturated carbocycles. The van der Waals surface area contributed by atoms with Crippen LogP contribution in [-0.2, 0) is 0 Å². The Balaban J connectivity index is 2.20. The smallest absolute Gasteiger partial charge is 0.210 e. The molecule has 2 aromatic rings. The summed E-state index contributed by atoms with van der Waals surface area (Å²) in [5.41, 5.74) is 4.93. The van der Waals surface area contributed by atoms with Crippen molar-refractivity contribution in [2.45, 2.75) is 0 Å². The Labute approximate surface area is 125 Å². The molecular formula is C17H19N3O. The Kier molecular flexibility index (Phi) is 5.23. The van der Waals surface area contributed by atoms with E-state index < -0.39 is 0 Å². The van der Waals surface area contributed by atoms with Crippen LogP contribution in [0.25, 0.3) is 0 Å². The van der Waals surface area contributed by atoms with Crippen LogP contribution < -0.4 is 5.43 Å². The molecule has 0 amide bonds. The van der Waals surface area contributed by atoms with Gasteiger partial charge in [0.05, 0.1) is 5.69 Å². The van der Waals surface area contributed by atoms with Gasteiger partial charge in [0.2, 0.25) is 5.78 Å². The number of hydrogen-bond acceptors (Lipinski definition) is 4. The molecule has 0 aliphatic heterocycles. The van der Waals surface area contributed by atoms with Gasteiger partial charge in [-0.3, -0.25) is 10.2 Å². The van der Waals surface area contributed by atoms with Crippen LogP contribution in [0, 0.1) is 0 Å². The van der Waals surface area contributed by atoms with Crippen molar-refractivity contribution >= 4 is 17.2 Å². The minimum atomic E-state index is -0.0623. The van der Waals surface area contributed by atoms with Gasteiger partial charge in [0, 0.05) is 12.1 Å². The van der Waals surface area contributed by atoms with Gasteiger partial charge in [-0.2, -0.15) is 5.10 Å². The number of Topliss-reactive ketones (excluding diaryl/α,β-unsaturated/α-hetero) is 1. The van der Waals surface area contributed by atoms with Gasteiger partial charge in [-0.15, -0.1) is 0 Å². The van der Waals surface area contributed by atoms with Crippen molar-refractivity contribution in [3.05, 3.63) is 66.2 Å². The topological polar surface area (TPSA) is 44.7 Å². The quantitative estimate of drug-likeness (QED) is 0.503. The summed E-state index contributed by atoms with van der Waals surface area (Å²) in [4.78, 5) is 14.4. The lowest BCUT2D eigenvalue weighted by Crippen LogP contribution is -2.29. The number of para-hydroxylation sites is 1. The van der Waals surface area contributed by atoms with E-state index in [4.69, 9.17) is 0 Å². The van der Waals surface area contributed by atoms with E-state index in [-0.39, 0.29) is 5.78 Å². The standard InChI is InChI=1S/C17H19N3O/c1-20(2)13-16(17(21)14-9-5-3-6-10-14)19-18-15-11-7-4-8-12-15/h3-12,18H,13H2,1-2H3/b19-16+. The molecular weight excluding hydrogens is 262 g/mol. The third-order valence-electron chi connectivity index (χ3n) is 2.86. The van der Waals surface area contributed by atoms with Gasteiger partial charge in [0.1, 0.15) is 5.71 Å². The lowest BCUT2D eigenvalue weighted by Gasteiger charge is -2.12. The number of carbonyl (C=O) groups is 1. The zero-order valence-corrected chi connectivity index (χ0v) is 12.3. The summed E-state index contributed by atoms with van der Waals surface area (Å²) in [6.07, 6.45) is 0. The summed E-state index contributed by atoms with van der Waals surface area (Å²) < 4.78 is 0. The normalized spacial score (nSPS) is 11.5. The number of benzene rings is 2. The molecule has 0 aliphatic carbocycles. The number of ketones is 1. The van der Waals surface area contributed by atoms with Gasteiger partial charge in [-0.25, -0.2) is 0 Å². The van der Waals surface area contributed by atoms with Crippen LogP contribution in [0.4, 0.5) is 5.69 Å². The molecule has 0 atom stereocenters. The third-order valence-corrected chi connectivity index (χ3v) is 2.86. The van der Waals surface area contributed by atoms with Gasteiger partial charge in [-0.05, 0) is 26.2 Å². The minimum absolute atomic E-state index is 0.0623. The van der Waals surface area contributed by atoms with Gasteiger partial charge >= 0.3 is 0 Å². The maximum absolute atomic E-state index is 12.5. The van der Waals surface area contributed by atoms with E-state index >= 15 is 0 Å². The number of nitrogens with one attached hydrogen (secondary N) is 1. The first-order valence-corrected chi connectivity index (χ1v) is 6.79. The Morgan fingerprint density at radius 1 is 1.00 bits per heavy atom. The zero-order valence-electron chi connectivity index (χ0n) is 12.3. The SMILES string of the molecule is CN(C)C/C(=N\Nc1ccccc1)C(=O)c1ccccc1. The van der Waals surface area contributed by atoms with Crippen molar-refractivity contribution in [3.63, 3.8) is 0 Å². The maximum atomic E-state index is 12.5. The minimum Gasteiger partial charge on any atom is -0.303 e. The van der Waals surface area contributed by atoms with Crippen molar-refractivity contribution in [2.24, 2.45) is 5.10 Å². The molecule has 21 heavy (non-hydrogen) atoms. The average Bonchev–Trinajstić information content (AvgIpc) is 2.52. The highest BCUT2D eigenvalue weighted by atomic mass is 16.1. The molecule has 2 aromatic carbocycles. The molecule has 2 rings (SSSR count). The second-order valence-corrected chi connectivity index (χ2v) is 4.97. The number of rotatable bonds is 6. The van der Waals surface area contributed by atoms with Crippen LogP contribution in [0.1, 0.15) is 10.4 Å². The van der Waals surface area contributed by atoms with Gasteiger partial charge in [0.25, 0.3) is 0 Å². The largest absolute Gasteiger partial charge is 0.303 e. The van der Waals surface area contributed by atoms with Crippen LogP contribution in [0.2, 0.25) is 0 Å². The van der Waals surface area contributed by atoms with E-state index in [9.17, 15) is 4.79 Å². The summed E-state index contributed by atoms with van der Waals surface area (Å²) in [5, 5.41) is 4.29. The van der Waals surface area contributed by atoms with E-state index in [1.807, 2.05) is 67.5 Å². The van der Waals surface area contributed by atoms with Crippen LogP contribution in [0.5, 0.6) is 0 Å². The second-order valence-electron chi connectivity index (χ2n) is 4.97. The monoisotopic (exact) mass is 281 g/mol. The Hall–Kier alpha value is -2.46. The molecule has 0 saturated heterocycles. The number of anilines is 1. The summed E-state index contributed by atoms with van der Waals surface area (Å²) in [6, 6.07) is 18.8. The van der Waals surface area contributed by atoms with Crippen LogP contribution in [-0.4, -0.2) is 37.0 Å². The molecule has 0 aromatic heterocycles. The fourth-order valence-corrected chi connectivity index (χ4v) is 1.86. The molecule has 108 valence electrons. The molecule has 4 heteroatoms. The molecule has 0 radical (unpaired) electrons. The highest BCUT2D eigenvalue weighted by Crippen LogP contribution is 2.07. The Morgan fingerprint density at radius 2 is 1.57 bits per heavy atom. The fraction of sp³-hybridized carbons (Fsp3) is 0.176. The molecule has 4 nitrogen and oxygen atoms in total. The van der Waals surface area contributed by atoms with Crippen LogP contribution >= 0.6 is 0 Å². The van der Waals surface area contributed by atoms with Crippen molar-refractivity contribution in [1.82, 2.24) is 4.90 Å². The lowest BCUT2D eigenvalue weighted by atomic mass is 10.1. The van der Waals surface area contributed by atoms with Crippen molar-refractivity contribution in [3.8, 4) is 0 Å². The van der Waals surface area contributed by atoms with E-state index in [0.29, 0.717) is 17.8 Å². The molecule has 0 aliphatic rings. The molecule has 0 heterocycles. The van der Waals surface area contributed by atoms with Crippen molar-refractivity contribution in [1.29, 1.82) is 0 Å². The summed E-state index contributed by atoms with van der Waals surface area (Å²) in [7, 11) is 3.83. The summed E-state index contributed by atoms with van der Waals surface area (Å²) >= 11 is 0. The molecule has 1 N–H and O–H groups in total. The van der Waals surface area contributed by atoms with Crippen molar-refractivity contribution < 1.29 is 4.79 Å². The van der Waals surface area contributed by atoms with Crippen LogP contribution in [0.15, 0.2) is 65.8 Å². The molecule has 0 bridgehead atoms. The van der Waals surface area contributed by atoms with E-state index in [1.54, 1.807) is 12.1 Å². The first-order valence-electron chi connectivity index (χ1n) is 6.79. The first kappa shape index (κ1) is 14.9. The third kappa shape index (κ3) is 4.54. The first-order chi connectivity index (χ1) is 10.2. The highest BCUT2D eigenvalue weighted by molar-refractivity contribution is 6.46. The number of hydrazone groups is 1. The van der Waals surface area contributed by atoms with Crippen LogP contribution in [0.3, 0.4) is 0 Å². The van der Waals surface area contributed by atoms with Gasteiger partial charge in [-0.1, -0.05) is 48.5 Å². The number of carbonyl (C=O) groups excluding carboxylic acids is 1. The van der Waals surface area contributed by atoms with Gasteiger partial charge < -0.3 is 4.90 Å². The predicted octanol–water partition coefficient (Wildman–Crippen LogP) is 2.90. The predicted molar refractivity (Wildman–Crippen MR) is 86.8 cm³/mol. The lowest BCUT2D eigenvalue weighted by molar-refractivity contribution is 0.106. The Morgan fingerprint density at radius 3 is 2.14 bits per heavy atom. The maximum Gasteiger partial charge on any atom is 0.210 e. The van der Waals surface area contributed by atoms with E-state index in [1.165, 1.54) is 0 Å². The zero-order chi connectivity index (χ0) is 15.1. The van der Waals surface area contributed by atoms with E-state index in [2.05, 4.69) is 10.5 Å². The average molecular weight is 281 g/mol. The summed E-state index contributed by atoms with van der Waals surface area (Å²) in [6.45, 7) is 0.480. The second kappa shape index (κ2) is 7.36. The molecule has 0 spiro atoms. The summed E-state index contributed by atoms with van der Waals surface area (Å²) in [5.74, 6) is -0.0623. The molecule has 0 fully saturated rings. The highest BCUT2D eigenvalue weighted by Gasteiger charge is 2.14. The van der Waals surface area contributed by atoms with Gasteiger partial charge in [0.15, 0.2) is 0 Å². The fourth-order valence-electron chi connectivity index (χ4n) is 1.86. The Bertz CT molecular complexity index is 606. The number of nitrogens with zero attached hydrogens (tertiary/aromatic N) is 2. The van der Waals surface area contributed by atoms with Crippen molar-refractivity contribution in [2.75, 3.05) is 26.1 Å². The molecule has 0 unspecified atom stereocenters. The number of hydrogen-bond donors (Lipinski definition) is 1. The van der Waals surface area contributed by atoms with E-state index in [0.717, 1.165) is 5.69 Å².